The first kappa shape index (κ1) is 17.1. The van der Waals surface area contributed by atoms with Crippen molar-refractivity contribution in [2.45, 2.75) is 64.0 Å². The molecule has 22 heavy (non-hydrogen) atoms. The molecule has 0 aromatic rings. The van der Waals surface area contributed by atoms with Crippen LogP contribution in [-0.2, 0) is 4.79 Å². The monoisotopic (exact) mass is 310 g/mol. The minimum atomic E-state index is -0.452. The maximum Gasteiger partial charge on any atom is 0.318 e. The van der Waals surface area contributed by atoms with Crippen LogP contribution in [0.1, 0.15) is 52.4 Å². The van der Waals surface area contributed by atoms with Crippen LogP contribution in [0.4, 0.5) is 4.79 Å². The van der Waals surface area contributed by atoms with Gasteiger partial charge in [-0.05, 0) is 59.0 Å². The number of primary amides is 1. The van der Waals surface area contributed by atoms with Crippen LogP contribution in [-0.4, -0.2) is 59.5 Å². The number of nitrogens with one attached hydrogen (secondary N) is 1. The lowest BCUT2D eigenvalue weighted by Crippen LogP contribution is -2.58. The minimum absolute atomic E-state index is 0.0614. The largest absolute Gasteiger partial charge is 0.368 e. The fourth-order valence-electron chi connectivity index (χ4n) is 3.47. The number of carbonyl (C=O) groups is 2. The number of urea groups is 1. The number of amides is 3. The zero-order chi connectivity index (χ0) is 16.2. The average Bonchev–Trinajstić information content (AvgIpc) is 2.53. The average molecular weight is 310 g/mol. The quantitative estimate of drug-likeness (QED) is 0.821. The van der Waals surface area contributed by atoms with Crippen LogP contribution in [0, 0.1) is 0 Å². The molecular formula is C16H30N4O2. The Balaban J connectivity index is 1.89. The molecule has 2 aliphatic heterocycles. The summed E-state index contributed by atoms with van der Waals surface area (Å²) in [6.45, 7) is 7.73. The molecule has 1 unspecified atom stereocenters. The summed E-state index contributed by atoms with van der Waals surface area (Å²) in [5.41, 5.74) is 5.36. The highest BCUT2D eigenvalue weighted by Crippen LogP contribution is 2.21. The van der Waals surface area contributed by atoms with E-state index in [1.165, 1.54) is 19.3 Å². The number of hydrogen-bond donors (Lipinski definition) is 2. The van der Waals surface area contributed by atoms with Gasteiger partial charge in [-0.1, -0.05) is 6.42 Å². The van der Waals surface area contributed by atoms with Gasteiger partial charge in [0, 0.05) is 18.6 Å². The highest BCUT2D eigenvalue weighted by Gasteiger charge is 2.33. The third kappa shape index (κ3) is 4.12. The van der Waals surface area contributed by atoms with Crippen molar-refractivity contribution >= 4 is 11.9 Å². The van der Waals surface area contributed by atoms with E-state index in [2.05, 4.69) is 24.1 Å². The summed E-state index contributed by atoms with van der Waals surface area (Å²) in [6, 6.07) is -0.611. The zero-order valence-corrected chi connectivity index (χ0v) is 13.9. The Morgan fingerprint density at radius 1 is 1.09 bits per heavy atom. The molecule has 2 heterocycles. The number of rotatable bonds is 4. The molecule has 2 aliphatic rings. The summed E-state index contributed by atoms with van der Waals surface area (Å²) >= 11 is 0. The molecule has 126 valence electrons. The maximum absolute atomic E-state index is 12.4. The molecule has 6 nitrogen and oxygen atoms in total. The lowest BCUT2D eigenvalue weighted by Gasteiger charge is -2.42. The highest BCUT2D eigenvalue weighted by atomic mass is 16.2. The molecule has 0 saturated carbocycles. The molecule has 0 radical (unpaired) electrons. The third-order valence-electron chi connectivity index (χ3n) is 4.98. The topological polar surface area (TPSA) is 78.7 Å². The molecule has 0 aliphatic carbocycles. The molecule has 1 atom stereocenters. The van der Waals surface area contributed by atoms with Crippen molar-refractivity contribution in [1.82, 2.24) is 15.1 Å². The van der Waals surface area contributed by atoms with E-state index in [4.69, 9.17) is 5.73 Å². The van der Waals surface area contributed by atoms with Crippen molar-refractivity contribution in [3.63, 3.8) is 0 Å². The Hall–Kier alpha value is -1.30. The highest BCUT2D eigenvalue weighted by molar-refractivity contribution is 5.86. The van der Waals surface area contributed by atoms with Gasteiger partial charge < -0.3 is 16.0 Å². The number of likely N-dealkylation sites (tertiary alicyclic amines) is 2. The SMILES string of the molecule is CC(C)(CNC(=O)N1CCCCC1C(N)=O)N1CCCCC1. The molecule has 2 rings (SSSR count). The minimum Gasteiger partial charge on any atom is -0.368 e. The number of hydrogen-bond acceptors (Lipinski definition) is 3. The van der Waals surface area contributed by atoms with E-state index in [1.54, 1.807) is 4.90 Å². The maximum atomic E-state index is 12.4. The van der Waals surface area contributed by atoms with Gasteiger partial charge in [0.05, 0.1) is 0 Å². The molecule has 0 aromatic carbocycles. The Labute approximate surface area is 133 Å². The van der Waals surface area contributed by atoms with Crippen molar-refractivity contribution in [2.24, 2.45) is 5.73 Å². The normalized spacial score (nSPS) is 24.1. The Morgan fingerprint density at radius 2 is 1.73 bits per heavy atom. The predicted octanol–water partition coefficient (Wildman–Crippen LogP) is 1.30. The Morgan fingerprint density at radius 3 is 2.36 bits per heavy atom. The van der Waals surface area contributed by atoms with Gasteiger partial charge in [-0.2, -0.15) is 0 Å². The number of piperidine rings is 2. The molecule has 0 bridgehead atoms. The van der Waals surface area contributed by atoms with Crippen molar-refractivity contribution in [1.29, 1.82) is 0 Å². The van der Waals surface area contributed by atoms with Gasteiger partial charge in [-0.25, -0.2) is 4.79 Å². The van der Waals surface area contributed by atoms with E-state index in [-0.39, 0.29) is 11.6 Å². The van der Waals surface area contributed by atoms with Gasteiger partial charge in [0.15, 0.2) is 0 Å². The third-order valence-corrected chi connectivity index (χ3v) is 4.98. The van der Waals surface area contributed by atoms with E-state index >= 15 is 0 Å². The molecule has 0 spiro atoms. The number of carbonyl (C=O) groups excluding carboxylic acids is 2. The van der Waals surface area contributed by atoms with Crippen molar-refractivity contribution < 1.29 is 9.59 Å². The second-order valence-corrected chi connectivity index (χ2v) is 7.13. The fourth-order valence-corrected chi connectivity index (χ4v) is 3.47. The van der Waals surface area contributed by atoms with Gasteiger partial charge in [0.1, 0.15) is 6.04 Å². The van der Waals surface area contributed by atoms with E-state index < -0.39 is 11.9 Å². The van der Waals surface area contributed by atoms with Gasteiger partial charge in [0.25, 0.3) is 0 Å². The fraction of sp³-hybridized carbons (Fsp3) is 0.875. The van der Waals surface area contributed by atoms with Crippen LogP contribution in [0.3, 0.4) is 0 Å². The standard InChI is InChI=1S/C16H30N4O2/c1-16(2,19-9-5-3-6-10-19)12-18-15(22)20-11-7-4-8-13(20)14(17)21/h13H,3-12H2,1-2H3,(H2,17,21)(H,18,22). The van der Waals surface area contributed by atoms with Crippen LogP contribution in [0.25, 0.3) is 0 Å². The van der Waals surface area contributed by atoms with E-state index in [0.29, 0.717) is 19.5 Å². The van der Waals surface area contributed by atoms with Gasteiger partial charge >= 0.3 is 6.03 Å². The summed E-state index contributed by atoms with van der Waals surface area (Å²) in [7, 11) is 0. The van der Waals surface area contributed by atoms with E-state index in [0.717, 1.165) is 25.9 Å². The Kier molecular flexibility index (Phi) is 5.67. The second kappa shape index (κ2) is 7.31. The van der Waals surface area contributed by atoms with Gasteiger partial charge in [-0.15, -0.1) is 0 Å². The second-order valence-electron chi connectivity index (χ2n) is 7.13. The molecular weight excluding hydrogens is 280 g/mol. The van der Waals surface area contributed by atoms with Crippen LogP contribution >= 0.6 is 0 Å². The number of nitrogens with two attached hydrogens (primary N) is 1. The van der Waals surface area contributed by atoms with Crippen LogP contribution in [0.2, 0.25) is 0 Å². The summed E-state index contributed by atoms with van der Waals surface area (Å²) < 4.78 is 0. The smallest absolute Gasteiger partial charge is 0.318 e. The first-order chi connectivity index (χ1) is 10.4. The first-order valence-corrected chi connectivity index (χ1v) is 8.51. The molecule has 3 amide bonds. The summed E-state index contributed by atoms with van der Waals surface area (Å²) in [6.07, 6.45) is 6.33. The Bertz CT molecular complexity index is 405. The lowest BCUT2D eigenvalue weighted by molar-refractivity contribution is -0.123. The molecule has 2 saturated heterocycles. The van der Waals surface area contributed by atoms with Crippen molar-refractivity contribution in [3.05, 3.63) is 0 Å². The van der Waals surface area contributed by atoms with Crippen LogP contribution in [0.5, 0.6) is 0 Å². The summed E-state index contributed by atoms with van der Waals surface area (Å²) in [4.78, 5) is 28.0. The van der Waals surface area contributed by atoms with Crippen LogP contribution in [0.15, 0.2) is 0 Å². The first-order valence-electron chi connectivity index (χ1n) is 8.51. The van der Waals surface area contributed by atoms with E-state index in [9.17, 15) is 9.59 Å². The molecule has 0 aromatic heterocycles. The van der Waals surface area contributed by atoms with Crippen LogP contribution < -0.4 is 11.1 Å². The lowest BCUT2D eigenvalue weighted by atomic mass is 9.98. The predicted molar refractivity (Wildman–Crippen MR) is 86.4 cm³/mol. The number of nitrogens with zero attached hydrogens (tertiary/aromatic N) is 2. The van der Waals surface area contributed by atoms with Gasteiger partial charge in [-0.3, -0.25) is 9.69 Å². The zero-order valence-electron chi connectivity index (χ0n) is 13.9. The molecule has 3 N–H and O–H groups in total. The molecule has 2 fully saturated rings. The summed E-state index contributed by atoms with van der Waals surface area (Å²) in [5, 5.41) is 3.01. The summed E-state index contributed by atoms with van der Waals surface area (Å²) in [5.74, 6) is -0.398. The van der Waals surface area contributed by atoms with E-state index in [1.807, 2.05) is 0 Å². The van der Waals surface area contributed by atoms with Crippen molar-refractivity contribution in [3.8, 4) is 0 Å². The van der Waals surface area contributed by atoms with Crippen molar-refractivity contribution in [2.75, 3.05) is 26.2 Å². The molecule has 6 heteroatoms. The van der Waals surface area contributed by atoms with Gasteiger partial charge in [0.2, 0.25) is 5.91 Å².